The summed E-state index contributed by atoms with van der Waals surface area (Å²) in [6.07, 6.45) is 7.03. The second-order valence-electron chi connectivity index (χ2n) is 7.61. The molecule has 0 spiro atoms. The van der Waals surface area contributed by atoms with Crippen LogP contribution in [0.15, 0.2) is 24.3 Å². The zero-order chi connectivity index (χ0) is 14.6. The van der Waals surface area contributed by atoms with Gasteiger partial charge >= 0.3 is 0 Å². The van der Waals surface area contributed by atoms with Gasteiger partial charge in [0, 0.05) is 13.1 Å². The monoisotopic (exact) mass is 289 g/mol. The molecule has 0 unspecified atom stereocenters. The largest absolute Gasteiger partial charge is 0.312 e. The summed E-state index contributed by atoms with van der Waals surface area (Å²) in [6.45, 7) is 11.8. The first-order chi connectivity index (χ1) is 9.45. The molecule has 1 aromatic carbocycles. The summed E-state index contributed by atoms with van der Waals surface area (Å²) in [4.78, 5) is 0. The van der Waals surface area contributed by atoms with Crippen LogP contribution in [0.3, 0.4) is 0 Å². The molecule has 0 atom stereocenters. The van der Waals surface area contributed by atoms with E-state index in [1.54, 1.807) is 5.19 Å². The lowest BCUT2D eigenvalue weighted by Gasteiger charge is -2.28. The molecule has 1 aromatic rings. The molecule has 112 valence electrons. The highest BCUT2D eigenvalue weighted by Crippen LogP contribution is 2.40. The summed E-state index contributed by atoms with van der Waals surface area (Å²) >= 11 is 0. The second kappa shape index (κ2) is 6.44. The van der Waals surface area contributed by atoms with Gasteiger partial charge in [0.25, 0.3) is 0 Å². The quantitative estimate of drug-likeness (QED) is 0.770. The van der Waals surface area contributed by atoms with Gasteiger partial charge in [0.05, 0.1) is 8.07 Å². The molecule has 1 nitrogen and oxygen atoms in total. The minimum Gasteiger partial charge on any atom is -0.312 e. The molecule has 1 aliphatic rings. The van der Waals surface area contributed by atoms with E-state index in [9.17, 15) is 0 Å². The van der Waals surface area contributed by atoms with Gasteiger partial charge in [-0.1, -0.05) is 68.9 Å². The van der Waals surface area contributed by atoms with Crippen molar-refractivity contribution in [1.29, 1.82) is 0 Å². The van der Waals surface area contributed by atoms with Crippen molar-refractivity contribution >= 4 is 13.3 Å². The van der Waals surface area contributed by atoms with Gasteiger partial charge in [-0.25, -0.2) is 0 Å². The van der Waals surface area contributed by atoms with Crippen LogP contribution in [0, 0.1) is 5.41 Å². The van der Waals surface area contributed by atoms with E-state index >= 15 is 0 Å². The van der Waals surface area contributed by atoms with Crippen molar-refractivity contribution in [2.45, 2.75) is 65.2 Å². The third-order valence-corrected chi connectivity index (χ3v) is 7.13. The third kappa shape index (κ3) is 3.95. The van der Waals surface area contributed by atoms with Crippen molar-refractivity contribution in [3.63, 3.8) is 0 Å². The van der Waals surface area contributed by atoms with Crippen LogP contribution in [0.5, 0.6) is 0 Å². The van der Waals surface area contributed by atoms with E-state index in [-0.39, 0.29) is 0 Å². The standard InChI is InChI=1S/C18H31NSi/c1-5-18(12-6-7-13-18)15-19-14-16-8-10-17(11-9-16)20(2,3)4/h8-11,19H,5-7,12-15H2,1-4H3. The lowest BCUT2D eigenvalue weighted by atomic mass is 9.83. The Bertz CT molecular complexity index is 410. The highest BCUT2D eigenvalue weighted by atomic mass is 28.3. The van der Waals surface area contributed by atoms with Crippen molar-refractivity contribution < 1.29 is 0 Å². The molecule has 1 fully saturated rings. The van der Waals surface area contributed by atoms with E-state index in [1.807, 2.05) is 0 Å². The predicted molar refractivity (Wildman–Crippen MR) is 92.3 cm³/mol. The maximum Gasteiger partial charge on any atom is 0.0775 e. The Morgan fingerprint density at radius 2 is 1.65 bits per heavy atom. The Labute approximate surface area is 126 Å². The lowest BCUT2D eigenvalue weighted by molar-refractivity contribution is 0.268. The Hall–Kier alpha value is -0.603. The van der Waals surface area contributed by atoms with E-state index in [4.69, 9.17) is 0 Å². The predicted octanol–water partition coefficient (Wildman–Crippen LogP) is 4.29. The summed E-state index contributed by atoms with van der Waals surface area (Å²) in [6, 6.07) is 9.31. The average Bonchev–Trinajstić information content (AvgIpc) is 2.88. The van der Waals surface area contributed by atoms with Crippen LogP contribution < -0.4 is 10.5 Å². The summed E-state index contributed by atoms with van der Waals surface area (Å²) in [5, 5.41) is 5.26. The number of benzene rings is 1. The smallest absolute Gasteiger partial charge is 0.0775 e. The summed E-state index contributed by atoms with van der Waals surface area (Å²) < 4.78 is 0. The molecular formula is C18H31NSi. The van der Waals surface area contributed by atoms with Crippen LogP contribution in [0.25, 0.3) is 0 Å². The average molecular weight is 290 g/mol. The Morgan fingerprint density at radius 1 is 1.05 bits per heavy atom. The summed E-state index contributed by atoms with van der Waals surface area (Å²) in [7, 11) is -1.15. The number of nitrogens with one attached hydrogen (secondary N) is 1. The first-order valence-corrected chi connectivity index (χ1v) is 11.8. The molecule has 20 heavy (non-hydrogen) atoms. The molecular weight excluding hydrogens is 258 g/mol. The maximum atomic E-state index is 3.70. The topological polar surface area (TPSA) is 12.0 Å². The van der Waals surface area contributed by atoms with Crippen LogP contribution in [0.2, 0.25) is 19.6 Å². The van der Waals surface area contributed by atoms with Crippen molar-refractivity contribution in [1.82, 2.24) is 5.32 Å². The molecule has 0 amide bonds. The lowest BCUT2D eigenvalue weighted by Crippen LogP contribution is -2.37. The van der Waals surface area contributed by atoms with Gasteiger partial charge in [-0.2, -0.15) is 0 Å². The van der Waals surface area contributed by atoms with Crippen molar-refractivity contribution in [3.05, 3.63) is 29.8 Å². The van der Waals surface area contributed by atoms with E-state index in [1.165, 1.54) is 44.2 Å². The SMILES string of the molecule is CCC1(CNCc2ccc([Si](C)(C)C)cc2)CCCC1. The molecule has 0 radical (unpaired) electrons. The van der Waals surface area contributed by atoms with E-state index in [0.717, 1.165) is 6.54 Å². The van der Waals surface area contributed by atoms with Crippen LogP contribution in [-0.2, 0) is 6.54 Å². The molecule has 0 heterocycles. The number of rotatable bonds is 6. The molecule has 2 rings (SSSR count). The first-order valence-electron chi connectivity index (χ1n) is 8.25. The normalized spacial score (nSPS) is 18.4. The van der Waals surface area contributed by atoms with Crippen LogP contribution >= 0.6 is 0 Å². The van der Waals surface area contributed by atoms with E-state index in [0.29, 0.717) is 5.41 Å². The van der Waals surface area contributed by atoms with Gasteiger partial charge in [0.15, 0.2) is 0 Å². The molecule has 0 aliphatic heterocycles. The summed E-state index contributed by atoms with van der Waals surface area (Å²) in [5.41, 5.74) is 2.02. The van der Waals surface area contributed by atoms with Gasteiger partial charge in [-0.15, -0.1) is 0 Å². The van der Waals surface area contributed by atoms with Gasteiger partial charge < -0.3 is 5.32 Å². The van der Waals surface area contributed by atoms with E-state index < -0.39 is 8.07 Å². The van der Waals surface area contributed by atoms with E-state index in [2.05, 4.69) is 56.1 Å². The summed E-state index contributed by atoms with van der Waals surface area (Å²) in [5.74, 6) is 0. The molecule has 2 heteroatoms. The molecule has 1 saturated carbocycles. The Balaban J connectivity index is 1.85. The van der Waals surface area contributed by atoms with Crippen LogP contribution in [0.1, 0.15) is 44.6 Å². The van der Waals surface area contributed by atoms with Crippen LogP contribution in [-0.4, -0.2) is 14.6 Å². The number of hydrogen-bond acceptors (Lipinski definition) is 1. The minimum absolute atomic E-state index is 0.595. The van der Waals surface area contributed by atoms with Gasteiger partial charge in [-0.3, -0.25) is 0 Å². The zero-order valence-corrected chi connectivity index (χ0v) is 14.8. The fourth-order valence-electron chi connectivity index (χ4n) is 3.37. The third-order valence-electron chi connectivity index (χ3n) is 5.06. The van der Waals surface area contributed by atoms with Gasteiger partial charge in [-0.05, 0) is 30.2 Å². The highest BCUT2D eigenvalue weighted by molar-refractivity contribution is 6.88. The maximum absolute atomic E-state index is 3.70. The fraction of sp³-hybridized carbons (Fsp3) is 0.667. The minimum atomic E-state index is -1.15. The fourth-order valence-corrected chi connectivity index (χ4v) is 4.54. The highest BCUT2D eigenvalue weighted by Gasteiger charge is 2.31. The first kappa shape index (κ1) is 15.8. The molecule has 1 aliphatic carbocycles. The van der Waals surface area contributed by atoms with Gasteiger partial charge in [0.1, 0.15) is 0 Å². The molecule has 0 bridgehead atoms. The molecule has 1 N–H and O–H groups in total. The van der Waals surface area contributed by atoms with Crippen molar-refractivity contribution in [2.24, 2.45) is 5.41 Å². The number of hydrogen-bond donors (Lipinski definition) is 1. The Kier molecular flexibility index (Phi) is 5.08. The van der Waals surface area contributed by atoms with Crippen LogP contribution in [0.4, 0.5) is 0 Å². The molecule has 0 saturated heterocycles. The zero-order valence-electron chi connectivity index (χ0n) is 13.8. The van der Waals surface area contributed by atoms with Crippen molar-refractivity contribution in [2.75, 3.05) is 6.54 Å². The van der Waals surface area contributed by atoms with Gasteiger partial charge in [0.2, 0.25) is 0 Å². The van der Waals surface area contributed by atoms with Crippen molar-refractivity contribution in [3.8, 4) is 0 Å². The Morgan fingerprint density at radius 3 is 2.15 bits per heavy atom. The second-order valence-corrected chi connectivity index (χ2v) is 12.7. The molecule has 0 aromatic heterocycles.